The zero-order chi connectivity index (χ0) is 23.3. The van der Waals surface area contributed by atoms with Crippen LogP contribution < -0.4 is 0 Å². The minimum atomic E-state index is 0.186. The topological polar surface area (TPSA) is 89.9 Å². The highest BCUT2D eigenvalue weighted by molar-refractivity contribution is 6.32. The number of likely N-dealkylation sites (tertiary alicyclic amines) is 1. The molecule has 3 heterocycles. The summed E-state index contributed by atoms with van der Waals surface area (Å²) in [6.07, 6.45) is 8.59. The zero-order valence-electron chi connectivity index (χ0n) is 18.7. The lowest BCUT2D eigenvalue weighted by Crippen LogP contribution is -2.32. The third-order valence-corrected chi connectivity index (χ3v) is 6.36. The smallest absolute Gasteiger partial charge is 0.250 e. The lowest BCUT2D eigenvalue weighted by Gasteiger charge is -2.20. The molecule has 9 heteroatoms. The SMILES string of the molecule is O=C(CCn1nnc2cc(-c3noc(/C=C/c4ccccc4Cl)n3)ccc21)N1CCCCCC1. The van der Waals surface area contributed by atoms with Gasteiger partial charge in [0, 0.05) is 36.2 Å². The van der Waals surface area contributed by atoms with Gasteiger partial charge >= 0.3 is 0 Å². The van der Waals surface area contributed by atoms with E-state index >= 15 is 0 Å². The summed E-state index contributed by atoms with van der Waals surface area (Å²) in [7, 11) is 0. The number of amides is 1. The molecule has 2 aromatic carbocycles. The fourth-order valence-corrected chi connectivity index (χ4v) is 4.35. The summed E-state index contributed by atoms with van der Waals surface area (Å²) in [5.41, 5.74) is 3.24. The van der Waals surface area contributed by atoms with Gasteiger partial charge in [-0.1, -0.05) is 53.0 Å². The van der Waals surface area contributed by atoms with Crippen LogP contribution in [0.1, 0.15) is 43.6 Å². The summed E-state index contributed by atoms with van der Waals surface area (Å²) in [5.74, 6) is 1.03. The van der Waals surface area contributed by atoms with Crippen LogP contribution in [0.5, 0.6) is 0 Å². The van der Waals surface area contributed by atoms with Gasteiger partial charge < -0.3 is 9.42 Å². The van der Waals surface area contributed by atoms with Gasteiger partial charge in [-0.2, -0.15) is 4.98 Å². The Kier molecular flexibility index (Phi) is 6.67. The maximum absolute atomic E-state index is 12.6. The predicted octanol–water partition coefficient (Wildman–Crippen LogP) is 5.10. The van der Waals surface area contributed by atoms with Crippen molar-refractivity contribution in [3.8, 4) is 11.4 Å². The molecular weight excluding hydrogens is 452 g/mol. The summed E-state index contributed by atoms with van der Waals surface area (Å²) in [4.78, 5) is 19.0. The Balaban J connectivity index is 1.26. The highest BCUT2D eigenvalue weighted by atomic mass is 35.5. The van der Waals surface area contributed by atoms with Crippen LogP contribution in [0.25, 0.3) is 34.6 Å². The lowest BCUT2D eigenvalue weighted by molar-refractivity contribution is -0.131. The van der Waals surface area contributed by atoms with Gasteiger partial charge in [-0.05, 0) is 48.7 Å². The average Bonchev–Trinajstić information content (AvgIpc) is 3.40. The van der Waals surface area contributed by atoms with Gasteiger partial charge in [-0.3, -0.25) is 4.79 Å². The molecule has 1 amide bonds. The van der Waals surface area contributed by atoms with E-state index in [1.54, 1.807) is 10.8 Å². The van der Waals surface area contributed by atoms with Gasteiger partial charge in [0.25, 0.3) is 5.89 Å². The van der Waals surface area contributed by atoms with Crippen LogP contribution in [0, 0.1) is 0 Å². The molecule has 8 nitrogen and oxygen atoms in total. The molecular formula is C25H25ClN6O2. The van der Waals surface area contributed by atoms with E-state index in [-0.39, 0.29) is 5.91 Å². The maximum atomic E-state index is 12.6. The normalized spacial score (nSPS) is 14.7. The third kappa shape index (κ3) is 5.02. The molecule has 1 saturated heterocycles. The van der Waals surface area contributed by atoms with Crippen LogP contribution in [0.4, 0.5) is 0 Å². The van der Waals surface area contributed by atoms with Crippen LogP contribution in [0.3, 0.4) is 0 Å². The van der Waals surface area contributed by atoms with Crippen LogP contribution in [-0.2, 0) is 11.3 Å². The van der Waals surface area contributed by atoms with Gasteiger partial charge in [-0.15, -0.1) is 5.10 Å². The molecule has 0 aliphatic carbocycles. The largest absolute Gasteiger partial charge is 0.343 e. The van der Waals surface area contributed by atoms with E-state index in [2.05, 4.69) is 20.5 Å². The van der Waals surface area contributed by atoms with Gasteiger partial charge in [0.05, 0.1) is 12.1 Å². The molecule has 1 fully saturated rings. The predicted molar refractivity (Wildman–Crippen MR) is 131 cm³/mol. The standard InChI is InChI=1S/C25H25ClN6O2/c26-20-8-4-3-7-18(20)10-12-23-27-25(29-34-23)19-9-11-22-21(17-19)28-30-32(22)16-13-24(33)31-14-5-1-2-6-15-31/h3-4,7-12,17H,1-2,5-6,13-16H2/b12-10+. The summed E-state index contributed by atoms with van der Waals surface area (Å²) in [6.45, 7) is 2.23. The first-order chi connectivity index (χ1) is 16.7. The fourth-order valence-electron chi connectivity index (χ4n) is 4.15. The quantitative estimate of drug-likeness (QED) is 0.384. The van der Waals surface area contributed by atoms with Crippen LogP contribution in [0.2, 0.25) is 5.02 Å². The first-order valence-corrected chi connectivity index (χ1v) is 11.9. The number of hydrogen-bond donors (Lipinski definition) is 0. The first kappa shape index (κ1) is 22.3. The Morgan fingerprint density at radius 1 is 1.06 bits per heavy atom. The van der Waals surface area contributed by atoms with Crippen LogP contribution >= 0.6 is 11.6 Å². The Hall–Kier alpha value is -3.52. The van der Waals surface area contributed by atoms with E-state index in [1.165, 1.54) is 12.8 Å². The molecule has 0 spiro atoms. The molecule has 4 aromatic rings. The van der Waals surface area contributed by atoms with Crippen molar-refractivity contribution in [2.75, 3.05) is 13.1 Å². The van der Waals surface area contributed by atoms with Crippen molar-refractivity contribution in [3.05, 3.63) is 58.9 Å². The maximum Gasteiger partial charge on any atom is 0.250 e. The monoisotopic (exact) mass is 476 g/mol. The second-order valence-electron chi connectivity index (χ2n) is 8.37. The highest BCUT2D eigenvalue weighted by Crippen LogP contribution is 2.23. The van der Waals surface area contributed by atoms with Gasteiger partial charge in [0.1, 0.15) is 5.52 Å². The van der Waals surface area contributed by atoms with Gasteiger partial charge in [0.15, 0.2) is 0 Å². The Morgan fingerprint density at radius 3 is 2.71 bits per heavy atom. The Labute approximate surface area is 202 Å². The van der Waals surface area contributed by atoms with Crippen molar-refractivity contribution in [1.82, 2.24) is 30.0 Å². The Morgan fingerprint density at radius 2 is 1.88 bits per heavy atom. The molecule has 0 atom stereocenters. The zero-order valence-corrected chi connectivity index (χ0v) is 19.5. The van der Waals surface area contributed by atoms with Crippen molar-refractivity contribution in [3.63, 3.8) is 0 Å². The van der Waals surface area contributed by atoms with Crippen molar-refractivity contribution < 1.29 is 9.32 Å². The molecule has 1 aliphatic rings. The molecule has 34 heavy (non-hydrogen) atoms. The summed E-state index contributed by atoms with van der Waals surface area (Å²) >= 11 is 6.18. The van der Waals surface area contributed by atoms with Gasteiger partial charge in [-0.25, -0.2) is 4.68 Å². The minimum absolute atomic E-state index is 0.186. The molecule has 0 bridgehead atoms. The number of hydrogen-bond acceptors (Lipinski definition) is 6. The number of aryl methyl sites for hydroxylation is 1. The van der Waals surface area contributed by atoms with Crippen molar-refractivity contribution in [1.29, 1.82) is 0 Å². The number of fused-ring (bicyclic) bond motifs is 1. The van der Waals surface area contributed by atoms with E-state index in [1.807, 2.05) is 53.4 Å². The molecule has 0 unspecified atom stereocenters. The third-order valence-electron chi connectivity index (χ3n) is 6.02. The Bertz CT molecular complexity index is 1320. The minimum Gasteiger partial charge on any atom is -0.343 e. The fraction of sp³-hybridized carbons (Fsp3) is 0.320. The average molecular weight is 477 g/mol. The van der Waals surface area contributed by atoms with Crippen LogP contribution in [-0.4, -0.2) is 49.0 Å². The molecule has 0 saturated carbocycles. The highest BCUT2D eigenvalue weighted by Gasteiger charge is 2.16. The van der Waals surface area contributed by atoms with E-state index in [9.17, 15) is 4.79 Å². The first-order valence-electron chi connectivity index (χ1n) is 11.5. The van der Waals surface area contributed by atoms with E-state index in [0.29, 0.717) is 29.7 Å². The lowest BCUT2D eigenvalue weighted by atomic mass is 10.2. The second-order valence-corrected chi connectivity index (χ2v) is 8.78. The van der Waals surface area contributed by atoms with Gasteiger partial charge in [0.2, 0.25) is 11.7 Å². The van der Waals surface area contributed by atoms with E-state index in [0.717, 1.165) is 48.1 Å². The van der Waals surface area contributed by atoms with E-state index in [4.69, 9.17) is 16.1 Å². The number of aromatic nitrogens is 5. The summed E-state index contributed by atoms with van der Waals surface area (Å²) in [5, 5.41) is 13.3. The molecule has 174 valence electrons. The molecule has 2 aromatic heterocycles. The number of nitrogens with zero attached hydrogens (tertiary/aromatic N) is 6. The number of carbonyl (C=O) groups is 1. The number of rotatable bonds is 6. The van der Waals surface area contributed by atoms with Crippen molar-refractivity contribution in [2.45, 2.75) is 38.6 Å². The summed E-state index contributed by atoms with van der Waals surface area (Å²) in [6, 6.07) is 13.2. The number of benzene rings is 2. The number of carbonyl (C=O) groups excluding carboxylic acids is 1. The molecule has 0 radical (unpaired) electrons. The second kappa shape index (κ2) is 10.2. The number of halogens is 1. The van der Waals surface area contributed by atoms with Crippen LogP contribution in [0.15, 0.2) is 47.0 Å². The molecule has 5 rings (SSSR count). The van der Waals surface area contributed by atoms with Crippen molar-refractivity contribution in [2.24, 2.45) is 0 Å². The summed E-state index contributed by atoms with van der Waals surface area (Å²) < 4.78 is 7.14. The van der Waals surface area contributed by atoms with E-state index < -0.39 is 0 Å². The molecule has 0 N–H and O–H groups in total. The van der Waals surface area contributed by atoms with Crippen molar-refractivity contribution >= 4 is 40.7 Å². The molecule has 1 aliphatic heterocycles.